The lowest BCUT2D eigenvalue weighted by Gasteiger charge is -2.30. The van der Waals surface area contributed by atoms with Crippen LogP contribution in [0.15, 0.2) is 140 Å². The molecule has 0 radical (unpaired) electrons. The normalized spacial score (nSPS) is 11.7. The number of rotatable bonds is 7. The molecule has 0 aliphatic carbocycles. The van der Waals surface area contributed by atoms with Crippen LogP contribution in [0.3, 0.4) is 0 Å². The zero-order valence-corrected chi connectivity index (χ0v) is 18.3. The summed E-state index contributed by atoms with van der Waals surface area (Å²) in [6.45, 7) is 0. The third-order valence-electron chi connectivity index (χ3n) is 5.44. The summed E-state index contributed by atoms with van der Waals surface area (Å²) in [5.74, 6) is 0. The maximum atomic E-state index is 14.0. The number of hydrogen-bond donors (Lipinski definition) is 0. The summed E-state index contributed by atoms with van der Waals surface area (Å²) >= 11 is 0. The molecule has 0 spiro atoms. The second-order valence-corrected chi connectivity index (χ2v) is 11.1. The molecule has 4 aromatic rings. The average molecular weight is 417 g/mol. The van der Waals surface area contributed by atoms with E-state index in [4.69, 9.17) is 0 Å². The van der Waals surface area contributed by atoms with E-state index >= 15 is 0 Å². The monoisotopic (exact) mass is 416 g/mol. The van der Waals surface area contributed by atoms with Crippen molar-refractivity contribution in [2.75, 3.05) is 0 Å². The van der Waals surface area contributed by atoms with Gasteiger partial charge in [-0.1, -0.05) is 140 Å². The first-order chi connectivity index (χ1) is 15.3. The maximum Gasteiger partial charge on any atom is 0.229 e. The van der Waals surface area contributed by atoms with Crippen LogP contribution < -0.4 is 15.6 Å². The third kappa shape index (κ3) is 4.40. The summed E-state index contributed by atoms with van der Waals surface area (Å²) in [6, 6.07) is 40.8. The Hall–Kier alpha value is -3.75. The van der Waals surface area contributed by atoms with Crippen molar-refractivity contribution in [1.82, 2.24) is 0 Å². The lowest BCUT2D eigenvalue weighted by Crippen LogP contribution is -2.72. The van der Waals surface area contributed by atoms with E-state index in [1.807, 2.05) is 103 Å². The fraction of sp³-hybridized carbons (Fsp3) is 0. The molecule has 0 N–H and O–H groups in total. The molecule has 2 heteroatoms. The van der Waals surface area contributed by atoms with Crippen LogP contribution in [-0.2, 0) is 4.79 Å². The summed E-state index contributed by atoms with van der Waals surface area (Å²) < 4.78 is 0. The largest absolute Gasteiger partial charge is 0.299 e. The maximum absolute atomic E-state index is 14.0. The lowest BCUT2D eigenvalue weighted by atomic mass is 10.2. The molecular formula is C29H24OSi. The molecule has 4 aromatic carbocycles. The molecule has 150 valence electrons. The van der Waals surface area contributed by atoms with Crippen molar-refractivity contribution in [1.29, 1.82) is 0 Å². The van der Waals surface area contributed by atoms with E-state index in [0.29, 0.717) is 0 Å². The molecule has 0 aliphatic heterocycles. The van der Waals surface area contributed by atoms with Crippen LogP contribution in [0.25, 0.3) is 6.08 Å². The van der Waals surface area contributed by atoms with Crippen molar-refractivity contribution in [2.24, 2.45) is 0 Å². The van der Waals surface area contributed by atoms with Crippen molar-refractivity contribution < 1.29 is 4.79 Å². The highest BCUT2D eigenvalue weighted by atomic mass is 28.3. The summed E-state index contributed by atoms with van der Waals surface area (Å²) in [4.78, 5) is 14.0. The molecule has 0 saturated heterocycles. The van der Waals surface area contributed by atoms with Crippen molar-refractivity contribution in [3.05, 3.63) is 145 Å². The quantitative estimate of drug-likeness (QED) is 0.187. The zero-order chi connectivity index (χ0) is 21.4. The molecule has 0 heterocycles. The molecule has 31 heavy (non-hydrogen) atoms. The fourth-order valence-electron chi connectivity index (χ4n) is 3.99. The Morgan fingerprint density at radius 2 is 0.903 bits per heavy atom. The van der Waals surface area contributed by atoms with Gasteiger partial charge in [0.2, 0.25) is 8.07 Å². The Balaban J connectivity index is 1.83. The first-order valence-corrected chi connectivity index (χ1v) is 12.4. The van der Waals surface area contributed by atoms with Gasteiger partial charge < -0.3 is 0 Å². The molecule has 0 aromatic heterocycles. The van der Waals surface area contributed by atoms with Gasteiger partial charge in [0, 0.05) is 0 Å². The summed E-state index contributed by atoms with van der Waals surface area (Å²) in [5.41, 5.74) is 1.11. The van der Waals surface area contributed by atoms with E-state index in [1.165, 1.54) is 0 Å². The van der Waals surface area contributed by atoms with Gasteiger partial charge in [0.1, 0.15) is 5.41 Å². The molecule has 0 aliphatic rings. The molecule has 0 saturated carbocycles. The van der Waals surface area contributed by atoms with Gasteiger partial charge in [-0.05, 0) is 27.2 Å². The van der Waals surface area contributed by atoms with E-state index in [0.717, 1.165) is 21.1 Å². The topological polar surface area (TPSA) is 17.1 Å². The predicted molar refractivity (Wildman–Crippen MR) is 134 cm³/mol. The van der Waals surface area contributed by atoms with E-state index in [9.17, 15) is 4.79 Å². The SMILES string of the molecule is O=C(/C=C/C=C/c1ccccc1)[Si](c1ccccc1)(c1ccccc1)c1ccccc1. The van der Waals surface area contributed by atoms with Gasteiger partial charge in [0.25, 0.3) is 0 Å². The number of allylic oxidation sites excluding steroid dienone is 3. The highest BCUT2D eigenvalue weighted by Crippen LogP contribution is 2.11. The number of carbonyl (C=O) groups excluding carboxylic acids is 1. The van der Waals surface area contributed by atoms with Crippen LogP contribution >= 0.6 is 0 Å². The molecule has 0 fully saturated rings. The van der Waals surface area contributed by atoms with Crippen LogP contribution in [0.1, 0.15) is 5.56 Å². The Bertz CT molecular complexity index is 1070. The molecule has 4 rings (SSSR count). The number of benzene rings is 4. The highest BCUT2D eigenvalue weighted by Gasteiger charge is 2.45. The smallest absolute Gasteiger partial charge is 0.229 e. The second kappa shape index (κ2) is 9.83. The van der Waals surface area contributed by atoms with Crippen LogP contribution in [-0.4, -0.2) is 13.5 Å². The number of hydrogen-bond acceptors (Lipinski definition) is 1. The van der Waals surface area contributed by atoms with E-state index < -0.39 is 8.07 Å². The van der Waals surface area contributed by atoms with Gasteiger partial charge in [-0.25, -0.2) is 0 Å². The average Bonchev–Trinajstić information content (AvgIpc) is 2.85. The fourth-order valence-corrected chi connectivity index (χ4v) is 8.27. The van der Waals surface area contributed by atoms with Gasteiger partial charge >= 0.3 is 0 Å². The molecular weight excluding hydrogens is 392 g/mol. The molecule has 0 bridgehead atoms. The minimum atomic E-state index is -2.92. The van der Waals surface area contributed by atoms with E-state index in [1.54, 1.807) is 6.08 Å². The van der Waals surface area contributed by atoms with Crippen LogP contribution in [0, 0.1) is 0 Å². The van der Waals surface area contributed by atoms with Gasteiger partial charge in [0.15, 0.2) is 0 Å². The molecule has 0 atom stereocenters. The highest BCUT2D eigenvalue weighted by molar-refractivity contribution is 7.30. The van der Waals surface area contributed by atoms with Crippen molar-refractivity contribution in [3.8, 4) is 0 Å². The third-order valence-corrected chi connectivity index (χ3v) is 9.94. The molecule has 0 amide bonds. The number of carbonyl (C=O) groups is 1. The van der Waals surface area contributed by atoms with E-state index in [-0.39, 0.29) is 5.41 Å². The summed E-state index contributed by atoms with van der Waals surface area (Å²) in [6.07, 6.45) is 7.57. The minimum absolute atomic E-state index is 0.161. The van der Waals surface area contributed by atoms with Gasteiger partial charge in [-0.15, -0.1) is 0 Å². The van der Waals surface area contributed by atoms with Crippen molar-refractivity contribution in [2.45, 2.75) is 0 Å². The van der Waals surface area contributed by atoms with Crippen LogP contribution in [0.4, 0.5) is 0 Å². The first kappa shape index (κ1) is 20.5. The predicted octanol–water partition coefficient (Wildman–Crippen LogP) is 4.53. The zero-order valence-electron chi connectivity index (χ0n) is 17.3. The van der Waals surface area contributed by atoms with Gasteiger partial charge in [-0.2, -0.15) is 0 Å². The lowest BCUT2D eigenvalue weighted by molar-refractivity contribution is -0.108. The molecule has 1 nitrogen and oxygen atoms in total. The molecule has 0 unspecified atom stereocenters. The summed E-state index contributed by atoms with van der Waals surface area (Å²) in [5, 5.41) is 3.44. The Kier molecular flexibility index (Phi) is 6.51. The summed E-state index contributed by atoms with van der Waals surface area (Å²) in [7, 11) is -2.92. The minimum Gasteiger partial charge on any atom is -0.299 e. The van der Waals surface area contributed by atoms with Crippen LogP contribution in [0.5, 0.6) is 0 Å². The Morgan fingerprint density at radius 1 is 0.516 bits per heavy atom. The van der Waals surface area contributed by atoms with Crippen LogP contribution in [0.2, 0.25) is 0 Å². The van der Waals surface area contributed by atoms with Gasteiger partial charge in [0.05, 0.1) is 0 Å². The second-order valence-electron chi connectivity index (χ2n) is 7.34. The van der Waals surface area contributed by atoms with Gasteiger partial charge in [-0.3, -0.25) is 4.79 Å². The first-order valence-electron chi connectivity index (χ1n) is 10.4. The Morgan fingerprint density at radius 3 is 1.32 bits per heavy atom. The van der Waals surface area contributed by atoms with E-state index in [2.05, 4.69) is 36.4 Å². The standard InChI is InChI=1S/C29H24OSi/c30-29(24-14-13-17-25-15-5-1-6-16-25)31(26-18-7-2-8-19-26,27-20-9-3-10-21-27)28-22-11-4-12-23-28/h1-24H/b17-13+,24-14+. The van der Waals surface area contributed by atoms with Crippen molar-refractivity contribution in [3.63, 3.8) is 0 Å². The Labute approximate surface area is 185 Å². The van der Waals surface area contributed by atoms with Crippen molar-refractivity contribution >= 4 is 35.1 Å².